The molecule has 0 unspecified atom stereocenters. The van der Waals surface area contributed by atoms with Crippen molar-refractivity contribution in [1.29, 1.82) is 0 Å². The molecule has 1 rings (SSSR count). The van der Waals surface area contributed by atoms with Gasteiger partial charge in [-0.15, -0.1) is 0 Å². The first-order chi connectivity index (χ1) is 10.4. The van der Waals surface area contributed by atoms with E-state index in [-0.39, 0.29) is 6.54 Å². The number of nitrogens with zero attached hydrogens (tertiary/aromatic N) is 1. The Morgan fingerprint density at radius 1 is 1.00 bits per heavy atom. The van der Waals surface area contributed by atoms with Crippen LogP contribution in [0.3, 0.4) is 0 Å². The average molecular weight is 322 g/mol. The number of hydrogen-bond donors (Lipinski definition) is 1. The van der Waals surface area contributed by atoms with Crippen LogP contribution >= 0.6 is 0 Å². The predicted molar refractivity (Wildman–Crippen MR) is 87.6 cm³/mol. The molecule has 0 aliphatic rings. The third kappa shape index (κ3) is 6.69. The third-order valence-electron chi connectivity index (χ3n) is 2.60. The molecule has 6 nitrogen and oxygen atoms in total. The minimum absolute atomic E-state index is 0.0460. The lowest BCUT2D eigenvalue weighted by Crippen LogP contribution is -2.41. The van der Waals surface area contributed by atoms with Crippen molar-refractivity contribution in [1.82, 2.24) is 5.01 Å². The van der Waals surface area contributed by atoms with Gasteiger partial charge < -0.3 is 9.47 Å². The van der Waals surface area contributed by atoms with E-state index in [0.29, 0.717) is 11.1 Å². The summed E-state index contributed by atoms with van der Waals surface area (Å²) in [7, 11) is 0. The maximum Gasteiger partial charge on any atom is 0.424 e. The number of nitrogens with two attached hydrogens (primary N) is 1. The van der Waals surface area contributed by atoms with E-state index < -0.39 is 23.3 Å². The molecule has 0 aliphatic carbocycles. The van der Waals surface area contributed by atoms with Gasteiger partial charge in [0.25, 0.3) is 0 Å². The van der Waals surface area contributed by atoms with Crippen LogP contribution in [0, 0.1) is 0 Å². The number of esters is 1. The molecule has 0 spiro atoms. The molecular formula is C17H26N2O4. The van der Waals surface area contributed by atoms with Crippen molar-refractivity contribution in [3.63, 3.8) is 0 Å². The van der Waals surface area contributed by atoms with Gasteiger partial charge in [0, 0.05) is 0 Å². The first-order valence-corrected chi connectivity index (χ1v) is 7.45. The number of hydrazine groups is 1. The van der Waals surface area contributed by atoms with E-state index in [1.807, 2.05) is 0 Å². The van der Waals surface area contributed by atoms with Crippen molar-refractivity contribution in [2.75, 3.05) is 0 Å². The van der Waals surface area contributed by atoms with Gasteiger partial charge in [-0.25, -0.2) is 20.4 Å². The van der Waals surface area contributed by atoms with Gasteiger partial charge in [0.1, 0.15) is 11.2 Å². The Kier molecular flexibility index (Phi) is 5.77. The fraction of sp³-hybridized carbons (Fsp3) is 0.529. The lowest BCUT2D eigenvalue weighted by Gasteiger charge is -2.25. The highest BCUT2D eigenvalue weighted by atomic mass is 16.6. The second-order valence-corrected chi connectivity index (χ2v) is 7.27. The minimum Gasteiger partial charge on any atom is -0.456 e. The number of hydrogen-bond acceptors (Lipinski definition) is 5. The Morgan fingerprint density at radius 3 is 2.04 bits per heavy atom. The van der Waals surface area contributed by atoms with Gasteiger partial charge in [0.2, 0.25) is 0 Å². The Bertz CT molecular complexity index is 571. The van der Waals surface area contributed by atoms with E-state index in [2.05, 4.69) is 0 Å². The fourth-order valence-corrected chi connectivity index (χ4v) is 1.76. The highest BCUT2D eigenvalue weighted by Crippen LogP contribution is 2.17. The number of amides is 1. The second-order valence-electron chi connectivity index (χ2n) is 7.27. The summed E-state index contributed by atoms with van der Waals surface area (Å²) in [6, 6.07) is 6.87. The van der Waals surface area contributed by atoms with Crippen LogP contribution in [0.25, 0.3) is 0 Å². The quantitative estimate of drug-likeness (QED) is 0.400. The smallest absolute Gasteiger partial charge is 0.424 e. The summed E-state index contributed by atoms with van der Waals surface area (Å²) in [4.78, 5) is 24.2. The van der Waals surface area contributed by atoms with Crippen molar-refractivity contribution in [2.24, 2.45) is 5.84 Å². The zero-order valence-electron chi connectivity index (χ0n) is 14.7. The molecule has 1 aromatic carbocycles. The summed E-state index contributed by atoms with van der Waals surface area (Å²) >= 11 is 0. The van der Waals surface area contributed by atoms with Gasteiger partial charge >= 0.3 is 12.1 Å². The Balaban J connectivity index is 2.89. The van der Waals surface area contributed by atoms with Crippen LogP contribution in [0.1, 0.15) is 57.5 Å². The fourth-order valence-electron chi connectivity index (χ4n) is 1.76. The highest BCUT2D eigenvalue weighted by Gasteiger charge is 2.23. The van der Waals surface area contributed by atoms with Gasteiger partial charge in [0.05, 0.1) is 12.1 Å². The number of rotatable bonds is 3. The number of carbonyl (C=O) groups is 2. The molecule has 0 radical (unpaired) electrons. The normalized spacial score (nSPS) is 11.8. The second kappa shape index (κ2) is 7.00. The lowest BCUT2D eigenvalue weighted by atomic mass is 10.1. The standard InChI is InChI=1S/C17H26N2O4/c1-16(2,3)22-14(20)13-10-8-7-9-12(13)11-19(18)15(21)23-17(4,5)6/h7-10H,11,18H2,1-6H3. The first kappa shape index (κ1) is 19.0. The van der Waals surface area contributed by atoms with Crippen LogP contribution in [0.5, 0.6) is 0 Å². The Labute approximate surface area is 137 Å². The Hall–Kier alpha value is -2.08. The lowest BCUT2D eigenvalue weighted by molar-refractivity contribution is 0.00618. The molecule has 0 heterocycles. The molecule has 0 atom stereocenters. The van der Waals surface area contributed by atoms with Gasteiger partial charge in [-0.3, -0.25) is 0 Å². The maximum atomic E-state index is 12.3. The molecule has 0 aromatic heterocycles. The molecule has 0 saturated carbocycles. The van der Waals surface area contributed by atoms with Crippen molar-refractivity contribution >= 4 is 12.1 Å². The molecule has 6 heteroatoms. The van der Waals surface area contributed by atoms with Crippen LogP contribution < -0.4 is 5.84 Å². The Morgan fingerprint density at radius 2 is 1.52 bits per heavy atom. The molecule has 0 bridgehead atoms. The summed E-state index contributed by atoms with van der Waals surface area (Å²) in [6.45, 7) is 10.7. The molecule has 128 valence electrons. The maximum absolute atomic E-state index is 12.3. The molecule has 2 N–H and O–H groups in total. The summed E-state index contributed by atoms with van der Waals surface area (Å²) in [6.07, 6.45) is -0.656. The van der Waals surface area contributed by atoms with Gasteiger partial charge in [0.15, 0.2) is 0 Å². The molecule has 23 heavy (non-hydrogen) atoms. The van der Waals surface area contributed by atoms with Crippen molar-refractivity contribution in [3.8, 4) is 0 Å². The largest absolute Gasteiger partial charge is 0.456 e. The minimum atomic E-state index is -0.656. The summed E-state index contributed by atoms with van der Waals surface area (Å²) in [5, 5.41) is 0.939. The third-order valence-corrected chi connectivity index (χ3v) is 2.60. The molecule has 0 fully saturated rings. The molecular weight excluding hydrogens is 296 g/mol. The topological polar surface area (TPSA) is 81.9 Å². The molecule has 0 aliphatic heterocycles. The SMILES string of the molecule is CC(C)(C)OC(=O)c1ccccc1CN(N)C(=O)OC(C)(C)C. The van der Waals surface area contributed by atoms with Crippen LogP contribution in [-0.2, 0) is 16.0 Å². The van der Waals surface area contributed by atoms with E-state index >= 15 is 0 Å². The van der Waals surface area contributed by atoms with Crippen LogP contribution in [0.2, 0.25) is 0 Å². The van der Waals surface area contributed by atoms with E-state index in [1.54, 1.807) is 65.8 Å². The van der Waals surface area contributed by atoms with Gasteiger partial charge in [-0.05, 0) is 53.2 Å². The van der Waals surface area contributed by atoms with E-state index in [1.165, 1.54) is 0 Å². The van der Waals surface area contributed by atoms with E-state index in [9.17, 15) is 9.59 Å². The number of benzene rings is 1. The number of ether oxygens (including phenoxy) is 2. The monoisotopic (exact) mass is 322 g/mol. The van der Waals surface area contributed by atoms with Crippen molar-refractivity contribution < 1.29 is 19.1 Å². The first-order valence-electron chi connectivity index (χ1n) is 7.45. The predicted octanol–water partition coefficient (Wildman–Crippen LogP) is 3.25. The summed E-state index contributed by atoms with van der Waals surface area (Å²) < 4.78 is 10.6. The summed E-state index contributed by atoms with van der Waals surface area (Å²) in [5.74, 6) is 5.31. The van der Waals surface area contributed by atoms with E-state index in [4.69, 9.17) is 15.3 Å². The zero-order chi connectivity index (χ0) is 17.8. The average Bonchev–Trinajstić information content (AvgIpc) is 2.35. The van der Waals surface area contributed by atoms with Crippen molar-refractivity contribution in [2.45, 2.75) is 59.3 Å². The zero-order valence-corrected chi connectivity index (χ0v) is 14.7. The van der Waals surface area contributed by atoms with Gasteiger partial charge in [-0.1, -0.05) is 18.2 Å². The molecule has 0 saturated heterocycles. The van der Waals surface area contributed by atoms with Crippen LogP contribution in [-0.4, -0.2) is 28.3 Å². The molecule has 1 aromatic rings. The highest BCUT2D eigenvalue weighted by molar-refractivity contribution is 5.91. The summed E-state index contributed by atoms with van der Waals surface area (Å²) in [5.41, 5.74) is -0.270. The van der Waals surface area contributed by atoms with E-state index in [0.717, 1.165) is 5.01 Å². The number of carbonyl (C=O) groups excluding carboxylic acids is 2. The van der Waals surface area contributed by atoms with Crippen LogP contribution in [0.4, 0.5) is 4.79 Å². The molecule has 1 amide bonds. The van der Waals surface area contributed by atoms with Crippen LogP contribution in [0.15, 0.2) is 24.3 Å². The van der Waals surface area contributed by atoms with Crippen molar-refractivity contribution in [3.05, 3.63) is 35.4 Å². The van der Waals surface area contributed by atoms with Gasteiger partial charge in [-0.2, -0.15) is 0 Å².